The summed E-state index contributed by atoms with van der Waals surface area (Å²) in [4.78, 5) is 13.1. The van der Waals surface area contributed by atoms with E-state index in [4.69, 9.17) is 13.9 Å². The van der Waals surface area contributed by atoms with Crippen LogP contribution in [0.5, 0.6) is 5.75 Å². The van der Waals surface area contributed by atoms with Crippen molar-refractivity contribution in [2.24, 2.45) is 0 Å². The Morgan fingerprint density at radius 1 is 1.05 bits per heavy atom. The maximum absolute atomic E-state index is 13.1. The van der Waals surface area contributed by atoms with Gasteiger partial charge in [-0.05, 0) is 92.1 Å². The maximum atomic E-state index is 13.1. The van der Waals surface area contributed by atoms with Crippen molar-refractivity contribution >= 4 is 5.91 Å². The molecule has 1 aromatic heterocycles. The zero-order chi connectivity index (χ0) is 30.4. The molecule has 0 bridgehead atoms. The molecule has 1 fully saturated rings. The van der Waals surface area contributed by atoms with E-state index in [1.54, 1.807) is 12.5 Å². The number of carbonyl (C=O) groups excluding carboxylic acids is 1. The van der Waals surface area contributed by atoms with Crippen LogP contribution >= 0.6 is 0 Å². The highest BCUT2D eigenvalue weighted by molar-refractivity contribution is 5.95. The van der Waals surface area contributed by atoms with Gasteiger partial charge in [-0.25, -0.2) is 0 Å². The summed E-state index contributed by atoms with van der Waals surface area (Å²) in [5.74, 6) is 0.998. The van der Waals surface area contributed by atoms with E-state index in [1.807, 2.05) is 84.9 Å². The summed E-state index contributed by atoms with van der Waals surface area (Å²) >= 11 is 0. The van der Waals surface area contributed by atoms with Crippen LogP contribution in [0.15, 0.2) is 70.7 Å². The third kappa shape index (κ3) is 10.1. The molecular formula is C35H49NO5. The molecule has 1 unspecified atom stereocenters. The van der Waals surface area contributed by atoms with Gasteiger partial charge in [0.15, 0.2) is 0 Å². The SMILES string of the molecule is CC.CC.CCCOc1ccc(C(=O)NCc2cc(CC(OC(C)C)C(O)=C3CC3)ccc2-c2ccoc2)c(C)c1. The molecule has 6 nitrogen and oxygen atoms in total. The van der Waals surface area contributed by atoms with Crippen LogP contribution in [0.4, 0.5) is 0 Å². The lowest BCUT2D eigenvalue weighted by atomic mass is 9.96. The Balaban J connectivity index is 0.00000141. The van der Waals surface area contributed by atoms with Gasteiger partial charge >= 0.3 is 0 Å². The topological polar surface area (TPSA) is 80.9 Å². The number of ether oxygens (including phenoxy) is 2. The van der Waals surface area contributed by atoms with Crippen LogP contribution in [-0.2, 0) is 17.7 Å². The number of allylic oxidation sites excluding steroid dienone is 1. The molecule has 1 aliphatic rings. The zero-order valence-electron chi connectivity index (χ0n) is 26.2. The average molecular weight is 564 g/mol. The van der Waals surface area contributed by atoms with Gasteiger partial charge in [-0.2, -0.15) is 0 Å². The Morgan fingerprint density at radius 2 is 1.78 bits per heavy atom. The van der Waals surface area contributed by atoms with Crippen molar-refractivity contribution in [3.8, 4) is 16.9 Å². The van der Waals surface area contributed by atoms with Crippen molar-refractivity contribution in [1.29, 1.82) is 0 Å². The highest BCUT2D eigenvalue weighted by Gasteiger charge is 2.26. The molecule has 0 saturated heterocycles. The summed E-state index contributed by atoms with van der Waals surface area (Å²) in [5, 5.41) is 13.8. The van der Waals surface area contributed by atoms with Crippen molar-refractivity contribution in [2.75, 3.05) is 6.61 Å². The van der Waals surface area contributed by atoms with E-state index in [1.165, 1.54) is 0 Å². The first-order valence-corrected chi connectivity index (χ1v) is 15.1. The first-order valence-electron chi connectivity index (χ1n) is 15.1. The highest BCUT2D eigenvalue weighted by Crippen LogP contribution is 2.34. The number of hydrogen-bond donors (Lipinski definition) is 2. The number of aliphatic hydroxyl groups excluding tert-OH is 1. The first kappa shape index (κ1) is 33.7. The fourth-order valence-electron chi connectivity index (χ4n) is 4.39. The predicted molar refractivity (Wildman–Crippen MR) is 168 cm³/mol. The molecule has 1 atom stereocenters. The summed E-state index contributed by atoms with van der Waals surface area (Å²) in [6.45, 7) is 16.9. The van der Waals surface area contributed by atoms with Gasteiger partial charge in [0.25, 0.3) is 5.91 Å². The second-order valence-corrected chi connectivity index (χ2v) is 9.88. The van der Waals surface area contributed by atoms with Gasteiger partial charge in [-0.15, -0.1) is 0 Å². The van der Waals surface area contributed by atoms with E-state index >= 15 is 0 Å². The molecule has 2 aromatic carbocycles. The van der Waals surface area contributed by atoms with Crippen LogP contribution in [0.3, 0.4) is 0 Å². The van der Waals surface area contributed by atoms with Crippen molar-refractivity contribution in [1.82, 2.24) is 5.32 Å². The lowest BCUT2D eigenvalue weighted by molar-refractivity contribution is 0.00692. The van der Waals surface area contributed by atoms with E-state index in [0.29, 0.717) is 30.9 Å². The minimum atomic E-state index is -0.379. The summed E-state index contributed by atoms with van der Waals surface area (Å²) in [7, 11) is 0. The van der Waals surface area contributed by atoms with Crippen molar-refractivity contribution in [3.63, 3.8) is 0 Å². The van der Waals surface area contributed by atoms with E-state index in [9.17, 15) is 9.90 Å². The Kier molecular flexibility index (Phi) is 14.2. The van der Waals surface area contributed by atoms with E-state index < -0.39 is 0 Å². The Labute approximate surface area is 246 Å². The Bertz CT molecular complexity index is 1240. The van der Waals surface area contributed by atoms with Crippen LogP contribution in [0.2, 0.25) is 0 Å². The van der Waals surface area contributed by atoms with Gasteiger partial charge in [0.1, 0.15) is 17.6 Å². The minimum absolute atomic E-state index is 0.00235. The Morgan fingerprint density at radius 3 is 2.37 bits per heavy atom. The number of nitrogens with one attached hydrogen (secondary N) is 1. The highest BCUT2D eigenvalue weighted by atomic mass is 16.5. The number of carbonyl (C=O) groups is 1. The van der Waals surface area contributed by atoms with Crippen molar-refractivity contribution in [3.05, 3.63) is 88.6 Å². The molecular weight excluding hydrogens is 514 g/mol. The van der Waals surface area contributed by atoms with Crippen LogP contribution in [0.1, 0.15) is 94.8 Å². The molecule has 224 valence electrons. The number of aliphatic hydroxyl groups is 1. The van der Waals surface area contributed by atoms with Gasteiger partial charge in [0, 0.05) is 24.1 Å². The minimum Gasteiger partial charge on any atom is -0.510 e. The molecule has 1 amide bonds. The van der Waals surface area contributed by atoms with Crippen molar-refractivity contribution in [2.45, 2.75) is 99.8 Å². The van der Waals surface area contributed by atoms with Gasteiger partial charge in [-0.1, -0.05) is 52.8 Å². The van der Waals surface area contributed by atoms with Gasteiger partial charge in [0.2, 0.25) is 0 Å². The average Bonchev–Trinajstić information content (AvgIpc) is 3.69. The van der Waals surface area contributed by atoms with Gasteiger partial charge < -0.3 is 24.3 Å². The number of amides is 1. The predicted octanol–water partition coefficient (Wildman–Crippen LogP) is 8.97. The number of rotatable bonds is 12. The lowest BCUT2D eigenvalue weighted by Crippen LogP contribution is -2.25. The molecule has 0 radical (unpaired) electrons. The molecule has 0 spiro atoms. The lowest BCUT2D eigenvalue weighted by Gasteiger charge is -2.21. The molecule has 6 heteroatoms. The molecule has 1 heterocycles. The fourth-order valence-corrected chi connectivity index (χ4v) is 4.39. The zero-order valence-corrected chi connectivity index (χ0v) is 26.2. The summed E-state index contributed by atoms with van der Waals surface area (Å²) < 4.78 is 17.1. The summed E-state index contributed by atoms with van der Waals surface area (Å²) in [6, 6.07) is 13.6. The summed E-state index contributed by atoms with van der Waals surface area (Å²) in [5.41, 5.74) is 6.50. The van der Waals surface area contributed by atoms with Gasteiger partial charge in [-0.3, -0.25) is 4.79 Å². The monoisotopic (exact) mass is 563 g/mol. The summed E-state index contributed by atoms with van der Waals surface area (Å²) in [6.07, 6.45) is 6.32. The maximum Gasteiger partial charge on any atom is 0.251 e. The number of furan rings is 1. The first-order chi connectivity index (χ1) is 19.9. The van der Waals surface area contributed by atoms with Crippen LogP contribution in [-0.4, -0.2) is 29.8 Å². The van der Waals surface area contributed by atoms with E-state index in [-0.39, 0.29) is 18.1 Å². The Hall–Kier alpha value is -3.51. The molecule has 1 aliphatic carbocycles. The normalized spacial score (nSPS) is 12.5. The smallest absolute Gasteiger partial charge is 0.251 e. The largest absolute Gasteiger partial charge is 0.510 e. The second kappa shape index (κ2) is 17.3. The van der Waals surface area contributed by atoms with Crippen LogP contribution in [0, 0.1) is 6.92 Å². The van der Waals surface area contributed by atoms with E-state index in [0.717, 1.165) is 58.4 Å². The third-order valence-corrected chi connectivity index (χ3v) is 6.38. The van der Waals surface area contributed by atoms with Crippen LogP contribution in [0.25, 0.3) is 11.1 Å². The van der Waals surface area contributed by atoms with E-state index in [2.05, 4.69) is 18.3 Å². The molecule has 4 rings (SSSR count). The number of hydrogen-bond acceptors (Lipinski definition) is 5. The third-order valence-electron chi connectivity index (χ3n) is 6.38. The second-order valence-electron chi connectivity index (χ2n) is 9.88. The standard InChI is InChI=1S/C31H37NO5.2C2H6/c1-5-13-36-26-9-11-27(21(4)15-26)31(34)32-18-25-16-22(6-10-28(25)24-12-14-35-19-24)17-29(37-20(2)3)30(33)23-7-8-23;2*1-2/h6,9-12,14-16,19-20,29,33H,5,7-8,13,17-18H2,1-4H3,(H,32,34);2*1-2H3. The quantitative estimate of drug-likeness (QED) is 0.215. The molecule has 0 aliphatic heterocycles. The molecule has 41 heavy (non-hydrogen) atoms. The molecule has 1 saturated carbocycles. The number of benzene rings is 2. The van der Waals surface area contributed by atoms with Crippen LogP contribution < -0.4 is 10.1 Å². The fraction of sp³-hybridized carbons (Fsp3) is 0.457. The van der Waals surface area contributed by atoms with Gasteiger partial charge in [0.05, 0.1) is 25.2 Å². The number of aryl methyl sites for hydroxylation is 1. The molecule has 3 aromatic rings. The molecule has 2 N–H and O–H groups in total. The van der Waals surface area contributed by atoms with Crippen molar-refractivity contribution < 1.29 is 23.8 Å².